The molecular weight excluding hydrogens is 279 g/mol. The predicted molar refractivity (Wildman–Crippen MR) is 86.6 cm³/mol. The van der Waals surface area contributed by atoms with Crippen LogP contribution in [0.25, 0.3) is 0 Å². The first-order chi connectivity index (χ1) is 10.7. The average molecular weight is 300 g/mol. The van der Waals surface area contributed by atoms with E-state index in [9.17, 15) is 9.50 Å². The average Bonchev–Trinajstić information content (AvgIpc) is 2.76. The molecule has 0 saturated carbocycles. The fourth-order valence-electron chi connectivity index (χ4n) is 2.90. The smallest absolute Gasteiger partial charge is 0.123 e. The van der Waals surface area contributed by atoms with Crippen molar-refractivity contribution >= 4 is 5.69 Å². The van der Waals surface area contributed by atoms with Crippen LogP contribution in [0.1, 0.15) is 12.0 Å². The van der Waals surface area contributed by atoms with E-state index < -0.39 is 0 Å². The van der Waals surface area contributed by atoms with Gasteiger partial charge >= 0.3 is 0 Å². The molecule has 0 radical (unpaired) electrons. The molecule has 0 aliphatic carbocycles. The summed E-state index contributed by atoms with van der Waals surface area (Å²) >= 11 is 0. The zero-order valence-corrected chi connectivity index (χ0v) is 12.6. The molecule has 1 fully saturated rings. The number of aromatic hydroxyl groups is 1. The Hall–Kier alpha value is -2.07. The molecule has 0 aromatic heterocycles. The molecule has 0 bridgehead atoms. The molecule has 1 heterocycles. The van der Waals surface area contributed by atoms with Crippen molar-refractivity contribution in [2.24, 2.45) is 0 Å². The van der Waals surface area contributed by atoms with Gasteiger partial charge in [-0.05, 0) is 48.4 Å². The van der Waals surface area contributed by atoms with Gasteiger partial charge in [0.2, 0.25) is 0 Å². The van der Waals surface area contributed by atoms with E-state index in [1.807, 2.05) is 24.3 Å². The quantitative estimate of drug-likeness (QED) is 0.942. The molecule has 1 N–H and O–H groups in total. The van der Waals surface area contributed by atoms with Crippen molar-refractivity contribution in [3.05, 3.63) is 59.9 Å². The van der Waals surface area contributed by atoms with Gasteiger partial charge in [-0.1, -0.05) is 12.1 Å². The maximum atomic E-state index is 13.0. The Morgan fingerprint density at radius 1 is 0.864 bits per heavy atom. The molecule has 0 atom stereocenters. The molecule has 0 amide bonds. The maximum absolute atomic E-state index is 13.0. The molecule has 4 heteroatoms. The van der Waals surface area contributed by atoms with E-state index in [1.54, 1.807) is 12.1 Å². The van der Waals surface area contributed by atoms with Crippen LogP contribution < -0.4 is 4.90 Å². The number of phenols is 1. The summed E-state index contributed by atoms with van der Waals surface area (Å²) in [6.45, 7) is 4.88. The molecule has 22 heavy (non-hydrogen) atoms. The van der Waals surface area contributed by atoms with E-state index in [2.05, 4.69) is 9.80 Å². The lowest BCUT2D eigenvalue weighted by Gasteiger charge is -2.23. The molecule has 3 nitrogen and oxygen atoms in total. The van der Waals surface area contributed by atoms with Crippen molar-refractivity contribution in [1.82, 2.24) is 4.90 Å². The summed E-state index contributed by atoms with van der Waals surface area (Å²) in [5.74, 6) is 0.120. The maximum Gasteiger partial charge on any atom is 0.123 e. The number of rotatable bonds is 3. The standard InChI is InChI=1S/C18H21FN2O/c19-16-4-6-17(7-5-16)21-11-1-10-20(12-13-21)14-15-2-8-18(22)9-3-15/h2-9,22H,1,10-14H2. The third-order valence-electron chi connectivity index (χ3n) is 4.12. The third kappa shape index (κ3) is 3.77. The van der Waals surface area contributed by atoms with Gasteiger partial charge in [-0.3, -0.25) is 4.90 Å². The Bertz CT molecular complexity index is 597. The molecule has 116 valence electrons. The fourth-order valence-corrected chi connectivity index (χ4v) is 2.90. The van der Waals surface area contributed by atoms with Crippen molar-refractivity contribution < 1.29 is 9.50 Å². The summed E-state index contributed by atoms with van der Waals surface area (Å²) in [7, 11) is 0. The minimum atomic E-state index is -0.187. The number of halogens is 1. The largest absolute Gasteiger partial charge is 0.508 e. The summed E-state index contributed by atoms with van der Waals surface area (Å²) in [6, 6.07) is 14.2. The molecule has 1 saturated heterocycles. The van der Waals surface area contributed by atoms with E-state index >= 15 is 0 Å². The SMILES string of the molecule is Oc1ccc(CN2CCCN(c3ccc(F)cc3)CC2)cc1. The Kier molecular flexibility index (Phi) is 4.59. The van der Waals surface area contributed by atoms with Crippen molar-refractivity contribution in [3.8, 4) is 5.75 Å². The van der Waals surface area contributed by atoms with Gasteiger partial charge in [0.25, 0.3) is 0 Å². The van der Waals surface area contributed by atoms with Crippen molar-refractivity contribution in [1.29, 1.82) is 0 Å². The predicted octanol–water partition coefficient (Wildman–Crippen LogP) is 3.24. The summed E-state index contributed by atoms with van der Waals surface area (Å²) in [5.41, 5.74) is 2.31. The molecule has 3 rings (SSSR count). The van der Waals surface area contributed by atoms with Gasteiger partial charge in [-0.15, -0.1) is 0 Å². The van der Waals surface area contributed by atoms with E-state index in [0.717, 1.165) is 44.8 Å². The summed E-state index contributed by atoms with van der Waals surface area (Å²) in [4.78, 5) is 4.74. The molecule has 0 unspecified atom stereocenters. The molecule has 2 aromatic carbocycles. The molecule has 0 spiro atoms. The van der Waals surface area contributed by atoms with Gasteiger partial charge < -0.3 is 10.0 Å². The van der Waals surface area contributed by atoms with Crippen LogP contribution in [0.4, 0.5) is 10.1 Å². The summed E-state index contributed by atoms with van der Waals surface area (Å²) < 4.78 is 13.0. The second kappa shape index (κ2) is 6.79. The number of hydrogen-bond acceptors (Lipinski definition) is 3. The van der Waals surface area contributed by atoms with Crippen LogP contribution in [0.2, 0.25) is 0 Å². The van der Waals surface area contributed by atoms with Crippen LogP contribution in [0.5, 0.6) is 5.75 Å². The van der Waals surface area contributed by atoms with Crippen molar-refractivity contribution in [2.75, 3.05) is 31.1 Å². The second-order valence-corrected chi connectivity index (χ2v) is 5.76. The van der Waals surface area contributed by atoms with Gasteiger partial charge in [0, 0.05) is 38.4 Å². The topological polar surface area (TPSA) is 26.7 Å². The van der Waals surface area contributed by atoms with E-state index in [4.69, 9.17) is 0 Å². The lowest BCUT2D eigenvalue weighted by molar-refractivity contribution is 0.285. The lowest BCUT2D eigenvalue weighted by atomic mass is 10.2. The molecular formula is C18H21FN2O. The van der Waals surface area contributed by atoms with Crippen LogP contribution in [0.15, 0.2) is 48.5 Å². The van der Waals surface area contributed by atoms with Crippen LogP contribution in [0.3, 0.4) is 0 Å². The van der Waals surface area contributed by atoms with Crippen LogP contribution in [-0.2, 0) is 6.54 Å². The first-order valence-corrected chi connectivity index (χ1v) is 7.71. The number of nitrogens with zero attached hydrogens (tertiary/aromatic N) is 2. The Morgan fingerprint density at radius 3 is 2.32 bits per heavy atom. The Labute approximate surface area is 130 Å². The van der Waals surface area contributed by atoms with Gasteiger partial charge in [-0.25, -0.2) is 4.39 Å². The van der Waals surface area contributed by atoms with E-state index in [-0.39, 0.29) is 5.82 Å². The van der Waals surface area contributed by atoms with Gasteiger partial charge in [0.1, 0.15) is 11.6 Å². The number of anilines is 1. The molecule has 2 aromatic rings. The number of benzene rings is 2. The minimum absolute atomic E-state index is 0.187. The highest BCUT2D eigenvalue weighted by Gasteiger charge is 2.15. The molecule has 1 aliphatic heterocycles. The Morgan fingerprint density at radius 2 is 1.59 bits per heavy atom. The summed E-state index contributed by atoms with van der Waals surface area (Å²) in [5, 5.41) is 9.34. The minimum Gasteiger partial charge on any atom is -0.508 e. The van der Waals surface area contributed by atoms with Gasteiger partial charge in [0.15, 0.2) is 0 Å². The number of hydrogen-bond donors (Lipinski definition) is 1. The highest BCUT2D eigenvalue weighted by molar-refractivity contribution is 5.46. The first-order valence-electron chi connectivity index (χ1n) is 7.71. The van der Waals surface area contributed by atoms with E-state index in [1.165, 1.54) is 17.7 Å². The van der Waals surface area contributed by atoms with E-state index in [0.29, 0.717) is 5.75 Å². The van der Waals surface area contributed by atoms with Crippen LogP contribution in [-0.4, -0.2) is 36.2 Å². The fraction of sp³-hybridized carbons (Fsp3) is 0.333. The van der Waals surface area contributed by atoms with Crippen molar-refractivity contribution in [3.63, 3.8) is 0 Å². The Balaban J connectivity index is 1.59. The van der Waals surface area contributed by atoms with Crippen LogP contribution in [0, 0.1) is 5.82 Å². The highest BCUT2D eigenvalue weighted by atomic mass is 19.1. The zero-order valence-electron chi connectivity index (χ0n) is 12.6. The zero-order chi connectivity index (χ0) is 15.4. The second-order valence-electron chi connectivity index (χ2n) is 5.76. The summed E-state index contributed by atoms with van der Waals surface area (Å²) in [6.07, 6.45) is 1.09. The van der Waals surface area contributed by atoms with Crippen LogP contribution >= 0.6 is 0 Å². The highest BCUT2D eigenvalue weighted by Crippen LogP contribution is 2.18. The van der Waals surface area contributed by atoms with Gasteiger partial charge in [0.05, 0.1) is 0 Å². The number of phenolic OH excluding ortho intramolecular Hbond substituents is 1. The van der Waals surface area contributed by atoms with Crippen molar-refractivity contribution in [2.45, 2.75) is 13.0 Å². The lowest BCUT2D eigenvalue weighted by Crippen LogP contribution is -2.30. The molecule has 1 aliphatic rings. The first kappa shape index (κ1) is 14.9. The normalized spacial score (nSPS) is 16.5. The van der Waals surface area contributed by atoms with Gasteiger partial charge in [-0.2, -0.15) is 0 Å². The monoisotopic (exact) mass is 300 g/mol. The third-order valence-corrected chi connectivity index (χ3v) is 4.12.